The molecule has 0 aliphatic heterocycles. The van der Waals surface area contributed by atoms with E-state index in [9.17, 15) is 0 Å². The highest BCUT2D eigenvalue weighted by Gasteiger charge is 2.05. The molecular formula is C13H20N2S. The van der Waals surface area contributed by atoms with E-state index >= 15 is 0 Å². The predicted octanol–water partition coefficient (Wildman–Crippen LogP) is 2.71. The first kappa shape index (κ1) is 13.2. The lowest BCUT2D eigenvalue weighted by Gasteiger charge is -2.13. The van der Waals surface area contributed by atoms with Crippen LogP contribution in [0, 0.1) is 11.8 Å². The van der Waals surface area contributed by atoms with Crippen LogP contribution in [0.4, 0.5) is 0 Å². The summed E-state index contributed by atoms with van der Waals surface area (Å²) < 4.78 is 0. The first-order chi connectivity index (χ1) is 7.86. The number of aryl methyl sites for hydroxylation is 1. The van der Waals surface area contributed by atoms with Gasteiger partial charge in [0.1, 0.15) is 0 Å². The summed E-state index contributed by atoms with van der Waals surface area (Å²) in [6, 6.07) is 4.70. The molecule has 2 nitrogen and oxygen atoms in total. The fourth-order valence-corrected chi connectivity index (χ4v) is 2.41. The summed E-state index contributed by atoms with van der Waals surface area (Å²) in [5.74, 6) is 11.5. The number of hydrogen-bond donors (Lipinski definition) is 2. The van der Waals surface area contributed by atoms with Crippen molar-refractivity contribution < 1.29 is 0 Å². The molecule has 0 bridgehead atoms. The molecule has 16 heavy (non-hydrogen) atoms. The number of thiophene rings is 1. The Morgan fingerprint density at radius 2 is 2.38 bits per heavy atom. The van der Waals surface area contributed by atoms with Gasteiger partial charge >= 0.3 is 0 Å². The molecule has 3 heteroatoms. The molecular weight excluding hydrogens is 216 g/mol. The van der Waals surface area contributed by atoms with Crippen LogP contribution in [0.2, 0.25) is 0 Å². The molecule has 0 radical (unpaired) electrons. The van der Waals surface area contributed by atoms with Gasteiger partial charge in [-0.25, -0.2) is 0 Å². The van der Waals surface area contributed by atoms with Gasteiger partial charge in [-0.05, 0) is 44.1 Å². The van der Waals surface area contributed by atoms with Crippen molar-refractivity contribution in [1.29, 1.82) is 0 Å². The second kappa shape index (κ2) is 8.35. The molecule has 0 aromatic carbocycles. The third-order valence-electron chi connectivity index (χ3n) is 2.59. The topological polar surface area (TPSA) is 38.0 Å². The largest absolute Gasteiger partial charge is 0.271 e. The molecule has 0 fully saturated rings. The summed E-state index contributed by atoms with van der Waals surface area (Å²) in [6.07, 6.45) is 5.45. The minimum absolute atomic E-state index is 0.404. The first-order valence-corrected chi connectivity index (χ1v) is 6.63. The highest BCUT2D eigenvalue weighted by atomic mass is 32.1. The van der Waals surface area contributed by atoms with Crippen molar-refractivity contribution in [3.05, 3.63) is 22.4 Å². The van der Waals surface area contributed by atoms with Crippen molar-refractivity contribution in [3.8, 4) is 11.8 Å². The molecule has 1 unspecified atom stereocenters. The standard InChI is InChI=1S/C13H20N2S/c1-2-3-4-7-12(15-14)8-5-9-13-10-6-11-16-13/h6,10-12,15H,4-5,7-9,14H2,1H3. The lowest BCUT2D eigenvalue weighted by atomic mass is 10.0. The fourth-order valence-electron chi connectivity index (χ4n) is 1.66. The van der Waals surface area contributed by atoms with Gasteiger partial charge in [0.15, 0.2) is 0 Å². The van der Waals surface area contributed by atoms with E-state index in [2.05, 4.69) is 34.8 Å². The third-order valence-corrected chi connectivity index (χ3v) is 3.52. The van der Waals surface area contributed by atoms with Gasteiger partial charge in [-0.2, -0.15) is 0 Å². The zero-order valence-corrected chi connectivity index (χ0v) is 10.6. The molecule has 0 saturated carbocycles. The summed E-state index contributed by atoms with van der Waals surface area (Å²) in [5, 5.41) is 2.13. The number of nitrogens with one attached hydrogen (secondary N) is 1. The average molecular weight is 236 g/mol. The molecule has 1 heterocycles. The summed E-state index contributed by atoms with van der Waals surface area (Å²) in [6.45, 7) is 1.88. The Morgan fingerprint density at radius 3 is 3.00 bits per heavy atom. The van der Waals surface area contributed by atoms with Crippen LogP contribution in [-0.4, -0.2) is 6.04 Å². The predicted molar refractivity (Wildman–Crippen MR) is 71.1 cm³/mol. The van der Waals surface area contributed by atoms with Crippen LogP contribution in [0.3, 0.4) is 0 Å². The van der Waals surface area contributed by atoms with E-state index in [4.69, 9.17) is 5.84 Å². The minimum Gasteiger partial charge on any atom is -0.271 e. The summed E-state index contributed by atoms with van der Waals surface area (Å²) in [7, 11) is 0. The van der Waals surface area contributed by atoms with Crippen LogP contribution in [0.15, 0.2) is 17.5 Å². The zero-order chi connectivity index (χ0) is 11.6. The van der Waals surface area contributed by atoms with Crippen LogP contribution in [0.1, 0.15) is 37.5 Å². The summed E-state index contributed by atoms with van der Waals surface area (Å²) >= 11 is 1.83. The normalized spacial score (nSPS) is 11.9. The van der Waals surface area contributed by atoms with Crippen molar-refractivity contribution in [2.45, 2.75) is 45.1 Å². The van der Waals surface area contributed by atoms with Gasteiger partial charge in [-0.15, -0.1) is 23.2 Å². The number of hydrazine groups is 1. The lowest BCUT2D eigenvalue weighted by Crippen LogP contribution is -2.35. The van der Waals surface area contributed by atoms with Crippen molar-refractivity contribution in [1.82, 2.24) is 5.43 Å². The van der Waals surface area contributed by atoms with E-state index in [0.29, 0.717) is 6.04 Å². The SMILES string of the molecule is CC#CCCC(CCCc1cccs1)NN. The van der Waals surface area contributed by atoms with Crippen LogP contribution < -0.4 is 11.3 Å². The zero-order valence-electron chi connectivity index (χ0n) is 9.83. The van der Waals surface area contributed by atoms with E-state index in [1.807, 2.05) is 18.3 Å². The maximum Gasteiger partial charge on any atom is 0.0219 e. The average Bonchev–Trinajstić information content (AvgIpc) is 2.80. The molecule has 0 aliphatic rings. The Kier molecular flexibility index (Phi) is 6.91. The van der Waals surface area contributed by atoms with Gasteiger partial charge < -0.3 is 0 Å². The van der Waals surface area contributed by atoms with Crippen molar-refractivity contribution >= 4 is 11.3 Å². The Morgan fingerprint density at radius 1 is 1.50 bits per heavy atom. The fraction of sp³-hybridized carbons (Fsp3) is 0.538. The highest BCUT2D eigenvalue weighted by Crippen LogP contribution is 2.13. The van der Waals surface area contributed by atoms with Gasteiger partial charge in [-0.3, -0.25) is 11.3 Å². The Hall–Kier alpha value is -0.820. The van der Waals surface area contributed by atoms with Gasteiger partial charge in [0.05, 0.1) is 0 Å². The van der Waals surface area contributed by atoms with Crippen LogP contribution in [0.5, 0.6) is 0 Å². The maximum absolute atomic E-state index is 5.52. The van der Waals surface area contributed by atoms with E-state index in [1.165, 1.54) is 11.3 Å². The first-order valence-electron chi connectivity index (χ1n) is 5.75. The number of nitrogens with two attached hydrogens (primary N) is 1. The molecule has 1 aromatic heterocycles. The van der Waals surface area contributed by atoms with E-state index in [0.717, 1.165) is 25.7 Å². The Balaban J connectivity index is 2.15. The van der Waals surface area contributed by atoms with Crippen LogP contribution >= 0.6 is 11.3 Å². The molecule has 3 N–H and O–H groups in total. The van der Waals surface area contributed by atoms with E-state index in [-0.39, 0.29) is 0 Å². The molecule has 88 valence electrons. The van der Waals surface area contributed by atoms with Gasteiger partial charge in [0.2, 0.25) is 0 Å². The monoisotopic (exact) mass is 236 g/mol. The molecule has 1 rings (SSSR count). The Labute approximate surface area is 102 Å². The molecule has 0 amide bonds. The molecule has 1 aromatic rings. The van der Waals surface area contributed by atoms with Gasteiger partial charge in [0.25, 0.3) is 0 Å². The Bertz CT molecular complexity index is 321. The van der Waals surface area contributed by atoms with Crippen LogP contribution in [-0.2, 0) is 6.42 Å². The van der Waals surface area contributed by atoms with E-state index in [1.54, 1.807) is 0 Å². The van der Waals surface area contributed by atoms with Crippen LogP contribution in [0.25, 0.3) is 0 Å². The minimum atomic E-state index is 0.404. The van der Waals surface area contributed by atoms with E-state index < -0.39 is 0 Å². The number of rotatable bonds is 7. The second-order valence-corrected chi connectivity index (χ2v) is 4.83. The highest BCUT2D eigenvalue weighted by molar-refractivity contribution is 7.09. The molecule has 1 atom stereocenters. The van der Waals surface area contributed by atoms with Gasteiger partial charge in [-0.1, -0.05) is 6.07 Å². The number of hydrogen-bond acceptors (Lipinski definition) is 3. The van der Waals surface area contributed by atoms with Gasteiger partial charge in [0, 0.05) is 17.3 Å². The smallest absolute Gasteiger partial charge is 0.0219 e. The molecule has 0 saturated heterocycles. The molecule has 0 spiro atoms. The van der Waals surface area contributed by atoms with Crippen molar-refractivity contribution in [2.24, 2.45) is 5.84 Å². The van der Waals surface area contributed by atoms with Crippen molar-refractivity contribution in [2.75, 3.05) is 0 Å². The quantitative estimate of drug-likeness (QED) is 0.434. The lowest BCUT2D eigenvalue weighted by molar-refractivity contribution is 0.457. The second-order valence-electron chi connectivity index (χ2n) is 3.80. The van der Waals surface area contributed by atoms with Crippen molar-refractivity contribution in [3.63, 3.8) is 0 Å². The summed E-state index contributed by atoms with van der Waals surface area (Å²) in [4.78, 5) is 1.46. The molecule has 0 aliphatic carbocycles. The maximum atomic E-state index is 5.52. The summed E-state index contributed by atoms with van der Waals surface area (Å²) in [5.41, 5.74) is 2.88. The third kappa shape index (κ3) is 5.32.